The molecule has 0 unspecified atom stereocenters. The Morgan fingerprint density at radius 1 is 1.23 bits per heavy atom. The zero-order chi connectivity index (χ0) is 17.8. The first-order valence-electron chi connectivity index (χ1n) is 8.82. The zero-order valence-electron chi connectivity index (χ0n) is 14.5. The van der Waals surface area contributed by atoms with E-state index >= 15 is 0 Å². The van der Waals surface area contributed by atoms with Crippen LogP contribution in [0.15, 0.2) is 66.5 Å². The molecule has 0 saturated heterocycles. The van der Waals surface area contributed by atoms with Gasteiger partial charge in [0, 0.05) is 37.4 Å². The molecule has 0 fully saturated rings. The molecule has 0 aliphatic carbocycles. The summed E-state index contributed by atoms with van der Waals surface area (Å²) in [5.74, 6) is 0. The van der Waals surface area contributed by atoms with E-state index in [2.05, 4.69) is 51.4 Å². The third-order valence-corrected chi connectivity index (χ3v) is 4.76. The van der Waals surface area contributed by atoms with Crippen molar-refractivity contribution in [2.24, 2.45) is 0 Å². The number of aromatic nitrogens is 2. The van der Waals surface area contributed by atoms with Gasteiger partial charge in [0.15, 0.2) is 0 Å². The van der Waals surface area contributed by atoms with Crippen molar-refractivity contribution in [1.82, 2.24) is 14.9 Å². The van der Waals surface area contributed by atoms with Gasteiger partial charge in [0.25, 0.3) is 0 Å². The molecule has 4 rings (SSSR count). The quantitative estimate of drug-likeness (QED) is 0.771. The van der Waals surface area contributed by atoms with E-state index in [1.807, 2.05) is 36.5 Å². The van der Waals surface area contributed by atoms with Crippen molar-refractivity contribution in [3.63, 3.8) is 0 Å². The second-order valence-electron chi connectivity index (χ2n) is 6.55. The van der Waals surface area contributed by atoms with Crippen LogP contribution in [0.4, 0.5) is 0 Å². The van der Waals surface area contributed by atoms with Gasteiger partial charge >= 0.3 is 0 Å². The van der Waals surface area contributed by atoms with Crippen LogP contribution in [-0.2, 0) is 6.54 Å². The van der Waals surface area contributed by atoms with Crippen LogP contribution >= 0.6 is 0 Å². The van der Waals surface area contributed by atoms with Crippen LogP contribution in [0.5, 0.6) is 0 Å². The summed E-state index contributed by atoms with van der Waals surface area (Å²) < 4.78 is 0. The van der Waals surface area contributed by atoms with Crippen molar-refractivity contribution >= 4 is 17.1 Å². The number of rotatable bonds is 4. The number of hydrogen-bond donors (Lipinski definition) is 1. The number of benzene rings is 1. The van der Waals surface area contributed by atoms with Gasteiger partial charge < -0.3 is 4.98 Å². The number of allylic oxidation sites excluding steroid dienone is 1. The lowest BCUT2D eigenvalue weighted by Gasteiger charge is -2.25. The highest BCUT2D eigenvalue weighted by atomic mass is 15.1. The maximum absolute atomic E-state index is 8.98. The molecule has 3 aromatic rings. The normalized spacial score (nSPS) is 15.3. The fourth-order valence-electron chi connectivity index (χ4n) is 3.32. The van der Waals surface area contributed by atoms with E-state index in [4.69, 9.17) is 5.26 Å². The number of H-pyrrole nitrogens is 1. The highest BCUT2D eigenvalue weighted by molar-refractivity contribution is 5.79. The first-order valence-corrected chi connectivity index (χ1v) is 8.82. The minimum absolute atomic E-state index is 0.698. The Morgan fingerprint density at radius 2 is 2.19 bits per heavy atom. The van der Waals surface area contributed by atoms with Gasteiger partial charge in [-0.15, -0.1) is 0 Å². The highest BCUT2D eigenvalue weighted by Gasteiger charge is 2.13. The van der Waals surface area contributed by atoms with E-state index in [9.17, 15) is 0 Å². The van der Waals surface area contributed by atoms with E-state index in [-0.39, 0.29) is 0 Å². The highest BCUT2D eigenvalue weighted by Crippen LogP contribution is 2.20. The second kappa shape index (κ2) is 7.38. The fraction of sp³-hybridized carbons (Fsp3) is 0.182. The minimum atomic E-state index is 0.698. The van der Waals surface area contributed by atoms with Crippen molar-refractivity contribution in [2.75, 3.05) is 13.1 Å². The van der Waals surface area contributed by atoms with Gasteiger partial charge in [-0.25, -0.2) is 4.98 Å². The van der Waals surface area contributed by atoms with Crippen LogP contribution in [0.3, 0.4) is 0 Å². The smallest absolute Gasteiger partial charge is 0.137 e. The van der Waals surface area contributed by atoms with Gasteiger partial charge in [-0.1, -0.05) is 30.4 Å². The molecule has 0 spiro atoms. The molecular formula is C22H20N4. The monoisotopic (exact) mass is 340 g/mol. The van der Waals surface area contributed by atoms with Crippen LogP contribution < -0.4 is 0 Å². The van der Waals surface area contributed by atoms with E-state index < -0.39 is 0 Å². The van der Waals surface area contributed by atoms with Gasteiger partial charge in [-0.2, -0.15) is 5.26 Å². The summed E-state index contributed by atoms with van der Waals surface area (Å²) in [5, 5.41) is 10.2. The lowest BCUT2D eigenvalue weighted by molar-refractivity contribution is 0.288. The Kier molecular flexibility index (Phi) is 4.63. The summed E-state index contributed by atoms with van der Waals surface area (Å²) in [7, 11) is 0. The Hall–Kier alpha value is -3.16. The predicted octanol–water partition coefficient (Wildman–Crippen LogP) is 4.28. The topological polar surface area (TPSA) is 55.7 Å². The second-order valence-corrected chi connectivity index (χ2v) is 6.55. The standard InChI is InChI=1S/C22H20N4/c23-14-19-4-1-3-18(13-19)7-6-17-8-11-26(12-9-17)16-20-15-25-22-21(20)5-2-10-24-22/h1-8,10,13,15H,9,11-12,16H2,(H,24,25)/b7-6+. The lowest BCUT2D eigenvalue weighted by atomic mass is 10.0. The molecule has 4 nitrogen and oxygen atoms in total. The van der Waals surface area contributed by atoms with Gasteiger partial charge in [-0.3, -0.25) is 4.90 Å². The Labute approximate surface area is 153 Å². The molecule has 1 aliphatic heterocycles. The Bertz CT molecular complexity index is 1020. The van der Waals surface area contributed by atoms with Crippen molar-refractivity contribution in [1.29, 1.82) is 5.26 Å². The summed E-state index contributed by atoms with van der Waals surface area (Å²) in [6.07, 6.45) is 11.5. The molecule has 2 aromatic heterocycles. The number of nitrogens with zero attached hydrogens (tertiary/aromatic N) is 3. The van der Waals surface area contributed by atoms with Gasteiger partial charge in [0.2, 0.25) is 0 Å². The van der Waals surface area contributed by atoms with E-state index in [1.54, 1.807) is 0 Å². The maximum atomic E-state index is 8.98. The number of fused-ring (bicyclic) bond motifs is 1. The summed E-state index contributed by atoms with van der Waals surface area (Å²) in [6, 6.07) is 14.0. The molecule has 0 atom stereocenters. The number of hydrogen-bond acceptors (Lipinski definition) is 3. The Morgan fingerprint density at radius 3 is 3.04 bits per heavy atom. The average molecular weight is 340 g/mol. The summed E-state index contributed by atoms with van der Waals surface area (Å²) in [6.45, 7) is 2.93. The molecule has 1 N–H and O–H groups in total. The largest absolute Gasteiger partial charge is 0.346 e. The van der Waals surface area contributed by atoms with Gasteiger partial charge in [0.1, 0.15) is 5.65 Å². The molecule has 4 heteroatoms. The van der Waals surface area contributed by atoms with Crippen LogP contribution in [0.25, 0.3) is 17.1 Å². The maximum Gasteiger partial charge on any atom is 0.137 e. The minimum Gasteiger partial charge on any atom is -0.346 e. The Balaban J connectivity index is 1.40. The molecule has 1 aliphatic rings. The fourth-order valence-corrected chi connectivity index (χ4v) is 3.32. The van der Waals surface area contributed by atoms with Crippen molar-refractivity contribution < 1.29 is 0 Å². The third-order valence-electron chi connectivity index (χ3n) is 4.76. The molecule has 0 amide bonds. The molecule has 0 saturated carbocycles. The zero-order valence-corrected chi connectivity index (χ0v) is 14.5. The van der Waals surface area contributed by atoms with Crippen LogP contribution in [0.1, 0.15) is 23.1 Å². The average Bonchev–Trinajstić information content (AvgIpc) is 3.11. The molecule has 3 heterocycles. The molecule has 0 radical (unpaired) electrons. The molecular weight excluding hydrogens is 320 g/mol. The SMILES string of the molecule is N#Cc1cccc(/C=C/C2=CCN(Cc3c[nH]c4ncccc34)CC2)c1. The number of pyridine rings is 1. The number of aromatic amines is 1. The van der Waals surface area contributed by atoms with E-state index in [1.165, 1.54) is 16.5 Å². The van der Waals surface area contributed by atoms with Crippen molar-refractivity contribution in [2.45, 2.75) is 13.0 Å². The molecule has 1 aromatic carbocycles. The van der Waals surface area contributed by atoms with Crippen molar-refractivity contribution in [3.8, 4) is 6.07 Å². The first-order chi connectivity index (χ1) is 12.8. The summed E-state index contributed by atoms with van der Waals surface area (Å²) in [5.41, 5.74) is 5.37. The predicted molar refractivity (Wildman–Crippen MR) is 104 cm³/mol. The van der Waals surface area contributed by atoms with Crippen molar-refractivity contribution in [3.05, 3.63) is 83.2 Å². The summed E-state index contributed by atoms with van der Waals surface area (Å²) in [4.78, 5) is 10.1. The van der Waals surface area contributed by atoms with E-state index in [0.29, 0.717) is 5.56 Å². The third kappa shape index (κ3) is 3.58. The molecule has 0 bridgehead atoms. The molecule has 26 heavy (non-hydrogen) atoms. The van der Waals surface area contributed by atoms with E-state index in [0.717, 1.165) is 37.3 Å². The first kappa shape index (κ1) is 16.3. The number of nitriles is 1. The van der Waals surface area contributed by atoms with Gasteiger partial charge in [-0.05, 0) is 47.4 Å². The van der Waals surface area contributed by atoms with Crippen LogP contribution in [0, 0.1) is 11.3 Å². The van der Waals surface area contributed by atoms with Crippen LogP contribution in [0.2, 0.25) is 0 Å². The summed E-state index contributed by atoms with van der Waals surface area (Å²) >= 11 is 0. The van der Waals surface area contributed by atoms with Crippen LogP contribution in [-0.4, -0.2) is 28.0 Å². The van der Waals surface area contributed by atoms with Gasteiger partial charge in [0.05, 0.1) is 11.6 Å². The molecule has 128 valence electrons. The lowest BCUT2D eigenvalue weighted by Crippen LogP contribution is -2.27. The number of nitrogens with one attached hydrogen (secondary N) is 1.